The van der Waals surface area contributed by atoms with Crippen molar-refractivity contribution in [1.82, 2.24) is 15.1 Å². The molecule has 0 radical (unpaired) electrons. The number of thiocarbonyl (C=S) groups is 1. The van der Waals surface area contributed by atoms with Crippen LogP contribution in [0.25, 0.3) is 0 Å². The quantitative estimate of drug-likeness (QED) is 0.551. The van der Waals surface area contributed by atoms with E-state index in [9.17, 15) is 13.2 Å². The van der Waals surface area contributed by atoms with Gasteiger partial charge in [-0.25, -0.2) is 0 Å². The summed E-state index contributed by atoms with van der Waals surface area (Å²) >= 11 is 11.0. The van der Waals surface area contributed by atoms with Gasteiger partial charge < -0.3 is 10.6 Å². The third kappa shape index (κ3) is 5.11. The average Bonchev–Trinajstić information content (AvgIpc) is 2.82. The summed E-state index contributed by atoms with van der Waals surface area (Å²) in [6.45, 7) is 6.32. The van der Waals surface area contributed by atoms with E-state index in [1.54, 1.807) is 0 Å². The van der Waals surface area contributed by atoms with Gasteiger partial charge in [-0.15, -0.1) is 0 Å². The SMILES string of the molecule is Cc1ccc(NC(=S)NCCCn2nc(C(F)(F)F)c(Cl)c2C)c(C)c1. The fraction of sp³-hybridized carbons (Fsp3) is 0.412. The molecule has 2 rings (SSSR count). The first-order chi connectivity index (χ1) is 12.1. The van der Waals surface area contributed by atoms with E-state index < -0.39 is 11.9 Å². The standard InChI is InChI=1S/C17H20ClF3N4S/c1-10-5-6-13(11(2)9-10)23-16(26)22-7-4-8-25-12(3)14(18)15(24-25)17(19,20)21/h5-6,9H,4,7-8H2,1-3H3,(H2,22,23,26). The number of halogens is 4. The van der Waals surface area contributed by atoms with Gasteiger partial charge in [0.1, 0.15) is 0 Å². The van der Waals surface area contributed by atoms with Crippen LogP contribution in [0, 0.1) is 20.8 Å². The Morgan fingerprint density at radius 3 is 2.54 bits per heavy atom. The van der Waals surface area contributed by atoms with Crippen LogP contribution in [-0.4, -0.2) is 21.4 Å². The van der Waals surface area contributed by atoms with Gasteiger partial charge in [-0.3, -0.25) is 4.68 Å². The Morgan fingerprint density at radius 2 is 1.96 bits per heavy atom. The molecule has 0 bridgehead atoms. The second kappa shape index (κ2) is 8.26. The van der Waals surface area contributed by atoms with Crippen LogP contribution in [-0.2, 0) is 12.7 Å². The summed E-state index contributed by atoms with van der Waals surface area (Å²) in [5.41, 5.74) is 2.42. The van der Waals surface area contributed by atoms with Crippen LogP contribution >= 0.6 is 23.8 Å². The molecule has 2 N–H and O–H groups in total. The number of anilines is 1. The average molecular weight is 405 g/mol. The highest BCUT2D eigenvalue weighted by Crippen LogP contribution is 2.35. The lowest BCUT2D eigenvalue weighted by Crippen LogP contribution is -2.30. The molecule has 0 fully saturated rings. The van der Waals surface area contributed by atoms with Crippen LogP contribution in [0.1, 0.15) is 28.9 Å². The Morgan fingerprint density at radius 1 is 1.27 bits per heavy atom. The van der Waals surface area contributed by atoms with E-state index in [-0.39, 0.29) is 5.02 Å². The van der Waals surface area contributed by atoms with Gasteiger partial charge in [0.15, 0.2) is 10.8 Å². The maximum atomic E-state index is 12.8. The number of benzene rings is 1. The lowest BCUT2D eigenvalue weighted by molar-refractivity contribution is -0.141. The lowest BCUT2D eigenvalue weighted by atomic mass is 10.1. The van der Waals surface area contributed by atoms with Crippen molar-refractivity contribution in [1.29, 1.82) is 0 Å². The summed E-state index contributed by atoms with van der Waals surface area (Å²) in [5.74, 6) is 0. The lowest BCUT2D eigenvalue weighted by Gasteiger charge is -2.13. The van der Waals surface area contributed by atoms with Crippen LogP contribution in [0.3, 0.4) is 0 Å². The molecule has 0 aliphatic heterocycles. The van der Waals surface area contributed by atoms with Gasteiger partial charge in [0.25, 0.3) is 0 Å². The van der Waals surface area contributed by atoms with E-state index in [0.29, 0.717) is 30.3 Å². The molecule has 2 aromatic rings. The Balaban J connectivity index is 1.84. The summed E-state index contributed by atoms with van der Waals surface area (Å²) in [7, 11) is 0. The summed E-state index contributed by atoms with van der Waals surface area (Å²) in [6, 6.07) is 5.99. The first-order valence-corrected chi connectivity index (χ1v) is 8.80. The van der Waals surface area contributed by atoms with E-state index in [2.05, 4.69) is 15.7 Å². The molecular weight excluding hydrogens is 385 g/mol. The monoisotopic (exact) mass is 404 g/mol. The fourth-order valence-electron chi connectivity index (χ4n) is 2.47. The highest BCUT2D eigenvalue weighted by Gasteiger charge is 2.38. The number of aryl methyl sites for hydroxylation is 3. The van der Waals surface area contributed by atoms with Gasteiger partial charge in [-0.2, -0.15) is 18.3 Å². The molecule has 0 unspecified atom stereocenters. The first kappa shape index (κ1) is 20.5. The van der Waals surface area contributed by atoms with Crippen molar-refractivity contribution >= 4 is 34.6 Å². The number of hydrogen-bond donors (Lipinski definition) is 2. The van der Waals surface area contributed by atoms with Crippen molar-refractivity contribution < 1.29 is 13.2 Å². The van der Waals surface area contributed by atoms with Crippen molar-refractivity contribution in [3.8, 4) is 0 Å². The minimum atomic E-state index is -4.55. The maximum Gasteiger partial charge on any atom is 0.436 e. The summed E-state index contributed by atoms with van der Waals surface area (Å²) in [4.78, 5) is 0. The predicted octanol–water partition coefficient (Wildman–Crippen LogP) is 4.86. The Bertz CT molecular complexity index is 802. The number of aromatic nitrogens is 2. The van der Waals surface area contributed by atoms with E-state index in [1.807, 2.05) is 32.0 Å². The van der Waals surface area contributed by atoms with Gasteiger partial charge >= 0.3 is 6.18 Å². The van der Waals surface area contributed by atoms with Crippen LogP contribution in [0.5, 0.6) is 0 Å². The largest absolute Gasteiger partial charge is 0.436 e. The van der Waals surface area contributed by atoms with Crippen LogP contribution < -0.4 is 10.6 Å². The van der Waals surface area contributed by atoms with Crippen molar-refractivity contribution in [2.75, 3.05) is 11.9 Å². The molecule has 26 heavy (non-hydrogen) atoms. The van der Waals surface area contributed by atoms with Gasteiger partial charge in [-0.1, -0.05) is 29.3 Å². The number of hydrogen-bond acceptors (Lipinski definition) is 2. The van der Waals surface area contributed by atoms with Gasteiger partial charge in [-0.05, 0) is 51.0 Å². The van der Waals surface area contributed by atoms with E-state index >= 15 is 0 Å². The van der Waals surface area contributed by atoms with Crippen molar-refractivity contribution in [3.63, 3.8) is 0 Å². The highest BCUT2D eigenvalue weighted by atomic mass is 35.5. The van der Waals surface area contributed by atoms with Gasteiger partial charge in [0.05, 0.1) is 10.7 Å². The summed E-state index contributed by atoms with van der Waals surface area (Å²) < 4.78 is 39.7. The smallest absolute Gasteiger partial charge is 0.362 e. The van der Waals surface area contributed by atoms with Crippen molar-refractivity contribution in [2.45, 2.75) is 39.9 Å². The molecule has 4 nitrogen and oxygen atoms in total. The number of nitrogens with zero attached hydrogens (tertiary/aromatic N) is 2. The molecule has 0 atom stereocenters. The highest BCUT2D eigenvalue weighted by molar-refractivity contribution is 7.80. The molecular formula is C17H20ClF3N4S. The first-order valence-electron chi connectivity index (χ1n) is 8.02. The van der Waals surface area contributed by atoms with Gasteiger partial charge in [0, 0.05) is 18.8 Å². The minimum Gasteiger partial charge on any atom is -0.362 e. The molecule has 0 aliphatic rings. The number of rotatable bonds is 5. The number of nitrogens with one attached hydrogen (secondary N) is 2. The topological polar surface area (TPSA) is 41.9 Å². The molecule has 0 spiro atoms. The fourth-order valence-corrected chi connectivity index (χ4v) is 2.93. The predicted molar refractivity (Wildman–Crippen MR) is 102 cm³/mol. The molecule has 1 heterocycles. The molecule has 0 saturated carbocycles. The van der Waals surface area contributed by atoms with Crippen molar-refractivity contribution in [2.24, 2.45) is 0 Å². The Kier molecular flexibility index (Phi) is 6.52. The minimum absolute atomic E-state index is 0.301. The second-order valence-electron chi connectivity index (χ2n) is 6.02. The zero-order valence-electron chi connectivity index (χ0n) is 14.7. The van der Waals surface area contributed by atoms with E-state index in [1.165, 1.54) is 17.2 Å². The van der Waals surface area contributed by atoms with Crippen LogP contribution in [0.4, 0.5) is 18.9 Å². The molecule has 0 amide bonds. The molecule has 142 valence electrons. The van der Waals surface area contributed by atoms with E-state index in [0.717, 1.165) is 11.3 Å². The zero-order chi connectivity index (χ0) is 19.5. The van der Waals surface area contributed by atoms with Crippen LogP contribution in [0.15, 0.2) is 18.2 Å². The molecule has 0 saturated heterocycles. The third-order valence-electron chi connectivity index (χ3n) is 3.86. The normalized spacial score (nSPS) is 11.5. The van der Waals surface area contributed by atoms with Crippen LogP contribution in [0.2, 0.25) is 5.02 Å². The zero-order valence-corrected chi connectivity index (χ0v) is 16.2. The Labute approximate surface area is 160 Å². The summed E-state index contributed by atoms with van der Waals surface area (Å²) in [5, 5.41) is 9.83. The molecule has 1 aromatic carbocycles. The summed E-state index contributed by atoms with van der Waals surface area (Å²) in [6.07, 6.45) is -4.01. The second-order valence-corrected chi connectivity index (χ2v) is 6.81. The molecule has 1 aromatic heterocycles. The maximum absolute atomic E-state index is 12.8. The molecule has 0 aliphatic carbocycles. The molecule has 9 heteroatoms. The third-order valence-corrected chi connectivity index (χ3v) is 4.56. The number of alkyl halides is 3. The van der Waals surface area contributed by atoms with Gasteiger partial charge in [0.2, 0.25) is 0 Å². The Hall–Kier alpha value is -1.80. The van der Waals surface area contributed by atoms with Crippen molar-refractivity contribution in [3.05, 3.63) is 45.7 Å². The van der Waals surface area contributed by atoms with E-state index in [4.69, 9.17) is 23.8 Å².